The summed E-state index contributed by atoms with van der Waals surface area (Å²) in [6.45, 7) is 4.24. The molecule has 0 bridgehead atoms. The quantitative estimate of drug-likeness (QED) is 0.528. The van der Waals surface area contributed by atoms with Crippen LogP contribution in [-0.4, -0.2) is 12.1 Å². The molecule has 0 aliphatic rings. The molecule has 56 valence electrons. The van der Waals surface area contributed by atoms with Gasteiger partial charge < -0.3 is 0 Å². The molecule has 1 rings (SSSR count). The minimum atomic E-state index is 0.481. The van der Waals surface area contributed by atoms with Crippen molar-refractivity contribution in [3.63, 3.8) is 0 Å². The van der Waals surface area contributed by atoms with Gasteiger partial charge >= 0.3 is 12.7 Å². The largest absolute Gasteiger partial charge is 0.370 e. The third-order valence-electron chi connectivity index (χ3n) is 1.41. The standard InChI is InChI=1S/C6H13N4/c1-6(2)10-5-9(7-3)4-8-10/h4-7H,1-3H3/q+1/p+1. The summed E-state index contributed by atoms with van der Waals surface area (Å²) >= 11 is 0. The minimum Gasteiger partial charge on any atom is -0.233 e. The van der Waals surface area contributed by atoms with Gasteiger partial charge in [-0.2, -0.15) is 0 Å². The Morgan fingerprint density at radius 2 is 2.20 bits per heavy atom. The van der Waals surface area contributed by atoms with Gasteiger partial charge in [0.15, 0.2) is 6.04 Å². The van der Waals surface area contributed by atoms with Crippen LogP contribution in [0.5, 0.6) is 0 Å². The van der Waals surface area contributed by atoms with Crippen LogP contribution in [0.25, 0.3) is 0 Å². The van der Waals surface area contributed by atoms with E-state index in [1.165, 1.54) is 0 Å². The number of hydrogen-bond donors (Lipinski definition) is 2. The molecule has 10 heavy (non-hydrogen) atoms. The number of aromatic nitrogens is 3. The Hall–Kier alpha value is -1.06. The van der Waals surface area contributed by atoms with E-state index in [1.807, 2.05) is 29.1 Å². The van der Waals surface area contributed by atoms with Crippen LogP contribution in [0.15, 0.2) is 12.7 Å². The van der Waals surface area contributed by atoms with Crippen molar-refractivity contribution >= 4 is 0 Å². The van der Waals surface area contributed by atoms with Crippen molar-refractivity contribution in [1.29, 1.82) is 0 Å². The number of nitrogens with one attached hydrogen (secondary N) is 2. The Balaban J connectivity index is 2.78. The van der Waals surface area contributed by atoms with Crippen LogP contribution in [0.1, 0.15) is 19.9 Å². The van der Waals surface area contributed by atoms with Gasteiger partial charge in [0.1, 0.15) is 0 Å². The maximum absolute atomic E-state index is 3.07. The van der Waals surface area contributed by atoms with E-state index in [-0.39, 0.29) is 0 Å². The third-order valence-corrected chi connectivity index (χ3v) is 1.41. The molecular weight excluding hydrogens is 128 g/mol. The van der Waals surface area contributed by atoms with Crippen LogP contribution in [0.4, 0.5) is 0 Å². The fourth-order valence-corrected chi connectivity index (χ4v) is 0.734. The Morgan fingerprint density at radius 1 is 1.50 bits per heavy atom. The normalized spacial score (nSPS) is 10.4. The number of H-pyrrole nitrogens is 1. The molecule has 0 aliphatic carbocycles. The zero-order valence-corrected chi connectivity index (χ0v) is 6.63. The first kappa shape index (κ1) is 7.05. The molecule has 0 aromatic carbocycles. The average Bonchev–Trinajstić information content (AvgIpc) is 2.34. The van der Waals surface area contributed by atoms with E-state index >= 15 is 0 Å². The Labute approximate surface area is 60.4 Å². The van der Waals surface area contributed by atoms with Crippen LogP contribution in [0.3, 0.4) is 0 Å². The summed E-state index contributed by atoms with van der Waals surface area (Å²) in [6.07, 6.45) is 3.82. The van der Waals surface area contributed by atoms with Crippen LogP contribution < -0.4 is 14.8 Å². The lowest BCUT2D eigenvalue weighted by molar-refractivity contribution is -0.815. The summed E-state index contributed by atoms with van der Waals surface area (Å²) in [7, 11) is 1.87. The molecule has 0 unspecified atom stereocenters. The Morgan fingerprint density at radius 3 is 2.50 bits per heavy atom. The smallest absolute Gasteiger partial charge is 0.233 e. The number of nitrogens with zero attached hydrogens (tertiary/aromatic N) is 2. The molecule has 0 amide bonds. The van der Waals surface area contributed by atoms with E-state index in [1.54, 1.807) is 0 Å². The van der Waals surface area contributed by atoms with E-state index < -0.39 is 0 Å². The second kappa shape index (κ2) is 2.68. The SMILES string of the molecule is CN[n+]1c[nH][n+](C(C)C)c1. The fourth-order valence-electron chi connectivity index (χ4n) is 0.734. The maximum atomic E-state index is 3.07. The van der Waals surface area contributed by atoms with Crippen molar-refractivity contribution in [2.45, 2.75) is 19.9 Å². The van der Waals surface area contributed by atoms with Gasteiger partial charge in [0.2, 0.25) is 0 Å². The van der Waals surface area contributed by atoms with Crippen LogP contribution >= 0.6 is 0 Å². The molecule has 0 fully saturated rings. The molecule has 4 nitrogen and oxygen atoms in total. The third kappa shape index (κ3) is 1.26. The predicted octanol–water partition coefficient (Wildman–Crippen LogP) is -0.656. The zero-order chi connectivity index (χ0) is 7.56. The molecule has 0 aliphatic heterocycles. The highest BCUT2D eigenvalue weighted by Crippen LogP contribution is 1.83. The highest BCUT2D eigenvalue weighted by atomic mass is 15.5. The lowest BCUT2D eigenvalue weighted by atomic mass is 10.4. The minimum absolute atomic E-state index is 0.481. The highest BCUT2D eigenvalue weighted by Gasteiger charge is 2.12. The van der Waals surface area contributed by atoms with E-state index in [2.05, 4.69) is 24.4 Å². The molecule has 0 saturated heterocycles. The number of hydrogen-bond acceptors (Lipinski definition) is 1. The Bertz CT molecular complexity index is 203. The van der Waals surface area contributed by atoms with E-state index in [9.17, 15) is 0 Å². The van der Waals surface area contributed by atoms with Gasteiger partial charge in [-0.25, -0.2) is 5.43 Å². The topological polar surface area (TPSA) is 35.6 Å². The fraction of sp³-hybridized carbons (Fsp3) is 0.667. The van der Waals surface area contributed by atoms with Gasteiger partial charge in [-0.05, 0) is 23.6 Å². The maximum Gasteiger partial charge on any atom is 0.370 e. The van der Waals surface area contributed by atoms with Crippen molar-refractivity contribution in [2.24, 2.45) is 0 Å². The lowest BCUT2D eigenvalue weighted by Crippen LogP contribution is -2.45. The lowest BCUT2D eigenvalue weighted by Gasteiger charge is -1.87. The van der Waals surface area contributed by atoms with Crippen molar-refractivity contribution in [3.8, 4) is 0 Å². The molecule has 1 heterocycles. The van der Waals surface area contributed by atoms with E-state index in [0.29, 0.717) is 6.04 Å². The molecule has 1 aromatic rings. The van der Waals surface area contributed by atoms with Crippen molar-refractivity contribution in [3.05, 3.63) is 12.7 Å². The van der Waals surface area contributed by atoms with Gasteiger partial charge in [-0.15, -0.1) is 0 Å². The van der Waals surface area contributed by atoms with Gasteiger partial charge in [-0.3, -0.25) is 0 Å². The predicted molar refractivity (Wildman–Crippen MR) is 36.9 cm³/mol. The summed E-state index contributed by atoms with van der Waals surface area (Å²) in [4.78, 5) is 0. The zero-order valence-electron chi connectivity index (χ0n) is 6.63. The summed E-state index contributed by atoms with van der Waals surface area (Å²) in [5.41, 5.74) is 2.97. The molecule has 2 N–H and O–H groups in total. The summed E-state index contributed by atoms with van der Waals surface area (Å²) in [5, 5.41) is 3.07. The first-order valence-corrected chi connectivity index (χ1v) is 3.42. The molecule has 0 radical (unpaired) electrons. The van der Waals surface area contributed by atoms with Crippen LogP contribution in [0, 0.1) is 0 Å². The summed E-state index contributed by atoms with van der Waals surface area (Å²) < 4.78 is 3.87. The van der Waals surface area contributed by atoms with Crippen molar-refractivity contribution < 1.29 is 9.36 Å². The highest BCUT2D eigenvalue weighted by molar-refractivity contribution is 4.29. The first-order chi connectivity index (χ1) is 4.74. The molecule has 0 atom stereocenters. The Kier molecular flexibility index (Phi) is 1.89. The van der Waals surface area contributed by atoms with Gasteiger partial charge in [0.05, 0.1) is 0 Å². The van der Waals surface area contributed by atoms with Gasteiger partial charge in [-0.1, -0.05) is 4.68 Å². The van der Waals surface area contributed by atoms with Gasteiger partial charge in [0, 0.05) is 7.05 Å². The molecule has 0 spiro atoms. The number of aromatic amines is 1. The van der Waals surface area contributed by atoms with Crippen LogP contribution in [0.2, 0.25) is 0 Å². The average molecular weight is 142 g/mol. The van der Waals surface area contributed by atoms with E-state index in [0.717, 1.165) is 0 Å². The summed E-state index contributed by atoms with van der Waals surface area (Å²) in [5.74, 6) is 0. The molecular formula is C6H14N4+2. The van der Waals surface area contributed by atoms with Gasteiger partial charge in [0.25, 0.3) is 0 Å². The van der Waals surface area contributed by atoms with Crippen molar-refractivity contribution in [2.75, 3.05) is 12.5 Å². The first-order valence-electron chi connectivity index (χ1n) is 3.42. The van der Waals surface area contributed by atoms with Crippen LogP contribution in [-0.2, 0) is 0 Å². The molecule has 1 aromatic heterocycles. The van der Waals surface area contributed by atoms with Crippen molar-refractivity contribution in [1.82, 2.24) is 5.10 Å². The monoisotopic (exact) mass is 142 g/mol. The summed E-state index contributed by atoms with van der Waals surface area (Å²) in [6, 6.07) is 0.481. The second-order valence-electron chi connectivity index (χ2n) is 2.51. The number of rotatable bonds is 2. The molecule has 0 saturated carbocycles. The second-order valence-corrected chi connectivity index (χ2v) is 2.51. The van der Waals surface area contributed by atoms with E-state index in [4.69, 9.17) is 0 Å². The molecule has 4 heteroatoms.